The Morgan fingerprint density at radius 2 is 1.62 bits per heavy atom. The molecule has 8 heavy (non-hydrogen) atoms. The molecular formula is C3ClF2IZn-. The molecule has 0 spiro atoms. The molecule has 5 heteroatoms. The fourth-order valence-corrected chi connectivity index (χ4v) is 0.225. The molecule has 0 saturated carbocycles. The van der Waals surface area contributed by atoms with E-state index in [9.17, 15) is 8.78 Å². The summed E-state index contributed by atoms with van der Waals surface area (Å²) in [5, 5.41) is -0.456. The van der Waals surface area contributed by atoms with Crippen LogP contribution in [0.4, 0.5) is 8.78 Å². The van der Waals surface area contributed by atoms with Gasteiger partial charge in [-0.05, 0) is 0 Å². The molecule has 43 valence electrons. The van der Waals surface area contributed by atoms with Gasteiger partial charge in [-0.2, -0.15) is 8.78 Å². The summed E-state index contributed by atoms with van der Waals surface area (Å²) < 4.78 is 22.5. The van der Waals surface area contributed by atoms with Gasteiger partial charge in [0.25, 0.3) is 0 Å². The van der Waals surface area contributed by atoms with Crippen LogP contribution in [-0.2, 0) is 19.5 Å². The summed E-state index contributed by atoms with van der Waals surface area (Å²) in [6.07, 6.45) is 1.62. The third kappa shape index (κ3) is 2.69. The molecule has 0 nitrogen and oxygen atoms in total. The second-order valence-corrected chi connectivity index (χ2v) is 1.39. The minimum Gasteiger partial charge on any atom is -1.00 e. The number of rotatable bonds is 0. The van der Waals surface area contributed by atoms with Crippen molar-refractivity contribution in [3.63, 3.8) is 0 Å². The Morgan fingerprint density at radius 1 is 1.50 bits per heavy atom. The van der Waals surface area contributed by atoms with Gasteiger partial charge in [0, 0.05) is 19.5 Å². The fourth-order valence-electron chi connectivity index (χ4n) is 0.107. The molecule has 1 rings (SSSR count). The van der Waals surface area contributed by atoms with Crippen LogP contribution in [0.5, 0.6) is 0 Å². The van der Waals surface area contributed by atoms with Crippen molar-refractivity contribution in [3.8, 4) is 0 Å². The average molecular weight is 302 g/mol. The number of halogens is 4. The van der Waals surface area contributed by atoms with Crippen molar-refractivity contribution < 1.29 is 52.2 Å². The molecule has 1 radical (unpaired) electrons. The summed E-state index contributed by atoms with van der Waals surface area (Å²) in [6.45, 7) is 0. The quantitative estimate of drug-likeness (QED) is 0.380. The molecule has 0 unspecified atom stereocenters. The van der Waals surface area contributed by atoms with E-state index >= 15 is 0 Å². The van der Waals surface area contributed by atoms with Gasteiger partial charge in [-0.1, -0.05) is 11.6 Å². The van der Waals surface area contributed by atoms with E-state index in [1.54, 1.807) is 6.08 Å². The monoisotopic (exact) mass is 300 g/mol. The summed E-state index contributed by atoms with van der Waals surface area (Å²) in [4.78, 5) is 0. The molecule has 0 heterocycles. The molecule has 0 bridgehead atoms. The first-order valence-electron chi connectivity index (χ1n) is 1.32. The van der Waals surface area contributed by atoms with Crippen LogP contribution in [0, 0.1) is 6.08 Å². The summed E-state index contributed by atoms with van der Waals surface area (Å²) >= 11 is 4.73. The van der Waals surface area contributed by atoms with Crippen LogP contribution in [-0.4, -0.2) is 5.92 Å². The molecule has 0 atom stereocenters. The maximum atomic E-state index is 11.2. The first-order chi connectivity index (χ1) is 2.63. The molecule has 0 N–H and O–H groups in total. The van der Waals surface area contributed by atoms with Crippen LogP contribution in [0.25, 0.3) is 0 Å². The number of alkyl halides is 2. The van der Waals surface area contributed by atoms with Gasteiger partial charge >= 0.3 is 5.92 Å². The zero-order valence-corrected chi connectivity index (χ0v) is 9.60. The van der Waals surface area contributed by atoms with Gasteiger partial charge in [-0.15, -0.1) is 0 Å². The van der Waals surface area contributed by atoms with Gasteiger partial charge in [-0.25, -0.2) is 0 Å². The Kier molecular flexibility index (Phi) is 5.12. The molecule has 1 aliphatic carbocycles. The van der Waals surface area contributed by atoms with Gasteiger partial charge in [0.05, 0.1) is 6.08 Å². The molecular weight excluding hydrogens is 302 g/mol. The Labute approximate surface area is 80.4 Å². The number of allylic oxidation sites excluding steroid dienone is 2. The Balaban J connectivity index is 0. The first-order valence-corrected chi connectivity index (χ1v) is 1.69. The van der Waals surface area contributed by atoms with Crippen LogP contribution < -0.4 is 24.0 Å². The largest absolute Gasteiger partial charge is 1.00 e. The van der Waals surface area contributed by atoms with Crippen molar-refractivity contribution in [2.24, 2.45) is 0 Å². The van der Waals surface area contributed by atoms with Gasteiger partial charge in [0.15, 0.2) is 0 Å². The third-order valence-corrected chi connectivity index (χ3v) is 0.812. The van der Waals surface area contributed by atoms with Crippen molar-refractivity contribution in [3.05, 3.63) is 11.1 Å². The van der Waals surface area contributed by atoms with Crippen molar-refractivity contribution in [2.75, 3.05) is 0 Å². The summed E-state index contributed by atoms with van der Waals surface area (Å²) in [5.41, 5.74) is 0. The zero-order valence-electron chi connectivity index (χ0n) is 3.72. The molecule has 0 aromatic carbocycles. The second kappa shape index (κ2) is 3.42. The normalized spacial score (nSPS) is 19.6. The third-order valence-electron chi connectivity index (χ3n) is 0.480. The average Bonchev–Trinajstić information content (AvgIpc) is 1.73. The number of hydrogen-bond donors (Lipinski definition) is 0. The molecule has 0 fully saturated rings. The molecule has 0 aliphatic heterocycles. The predicted octanol–water partition coefficient (Wildman–Crippen LogP) is -1.44. The van der Waals surface area contributed by atoms with Gasteiger partial charge < -0.3 is 24.0 Å². The van der Waals surface area contributed by atoms with E-state index in [1.165, 1.54) is 0 Å². The Hall–Kier alpha value is 1.24. The zero-order chi connectivity index (χ0) is 4.78. The smallest absolute Gasteiger partial charge is 0.311 e. The molecule has 0 saturated heterocycles. The fraction of sp³-hybridized carbons (Fsp3) is 0.333. The van der Waals surface area contributed by atoms with Crippen LogP contribution in [0.2, 0.25) is 0 Å². The maximum Gasteiger partial charge on any atom is 0.311 e. The Bertz CT molecular complexity index is 114. The van der Waals surface area contributed by atoms with Crippen LogP contribution in [0.3, 0.4) is 0 Å². The van der Waals surface area contributed by atoms with Crippen molar-refractivity contribution in [1.82, 2.24) is 0 Å². The standard InChI is InChI=1S/C3ClF2.HI.Zn/c4-2-1-3(2,5)6;;/h;1H;/p-1. The van der Waals surface area contributed by atoms with E-state index < -0.39 is 11.0 Å². The van der Waals surface area contributed by atoms with E-state index in [-0.39, 0.29) is 43.5 Å². The minimum atomic E-state index is -2.86. The second-order valence-electron chi connectivity index (χ2n) is 1.01. The molecule has 0 aromatic heterocycles. The number of hydrogen-bond acceptors (Lipinski definition) is 0. The van der Waals surface area contributed by atoms with E-state index in [4.69, 9.17) is 11.6 Å². The van der Waals surface area contributed by atoms with Crippen LogP contribution >= 0.6 is 11.6 Å². The maximum absolute atomic E-state index is 11.2. The summed E-state index contributed by atoms with van der Waals surface area (Å²) in [6, 6.07) is 0. The molecule has 0 aromatic rings. The van der Waals surface area contributed by atoms with E-state index in [0.29, 0.717) is 0 Å². The SMILES string of the molecule is FC1(F)[C]=C1Cl.[I-].[Zn]. The van der Waals surface area contributed by atoms with Crippen LogP contribution in [0.1, 0.15) is 0 Å². The molecule has 1 aliphatic rings. The van der Waals surface area contributed by atoms with Crippen molar-refractivity contribution in [2.45, 2.75) is 5.92 Å². The topological polar surface area (TPSA) is 0 Å². The van der Waals surface area contributed by atoms with Crippen molar-refractivity contribution >= 4 is 11.6 Å². The molecule has 0 amide bonds. The van der Waals surface area contributed by atoms with E-state index in [2.05, 4.69) is 0 Å². The summed E-state index contributed by atoms with van der Waals surface area (Å²) in [5.74, 6) is -2.86. The van der Waals surface area contributed by atoms with Crippen molar-refractivity contribution in [1.29, 1.82) is 0 Å². The Morgan fingerprint density at radius 3 is 1.62 bits per heavy atom. The first kappa shape index (κ1) is 12.0. The van der Waals surface area contributed by atoms with E-state index in [1.807, 2.05) is 0 Å². The summed E-state index contributed by atoms with van der Waals surface area (Å²) in [7, 11) is 0. The predicted molar refractivity (Wildman–Crippen MR) is 17.6 cm³/mol. The minimum absolute atomic E-state index is 0. The van der Waals surface area contributed by atoms with Crippen LogP contribution in [0.15, 0.2) is 5.03 Å². The van der Waals surface area contributed by atoms with E-state index in [0.717, 1.165) is 0 Å². The van der Waals surface area contributed by atoms with Gasteiger partial charge in [0.1, 0.15) is 5.03 Å². The van der Waals surface area contributed by atoms with Gasteiger partial charge in [0.2, 0.25) is 0 Å². The van der Waals surface area contributed by atoms with Gasteiger partial charge in [-0.3, -0.25) is 0 Å².